The van der Waals surface area contributed by atoms with Gasteiger partial charge >= 0.3 is 0 Å². The van der Waals surface area contributed by atoms with Crippen LogP contribution in [-0.2, 0) is 11.3 Å². The molecular weight excluding hydrogens is 313 g/mol. The zero-order chi connectivity index (χ0) is 16.9. The smallest absolute Gasteiger partial charge is 0.167 e. The molecule has 0 spiro atoms. The van der Waals surface area contributed by atoms with E-state index in [1.54, 1.807) is 13.2 Å². The third-order valence-corrected chi connectivity index (χ3v) is 3.53. The maximum atomic E-state index is 13.8. The molecule has 0 radical (unpaired) electrons. The molecule has 0 aliphatic rings. The third kappa shape index (κ3) is 3.43. The topological polar surface area (TPSA) is 74.1 Å². The molecule has 0 fully saturated rings. The number of aromatic nitrogens is 4. The van der Waals surface area contributed by atoms with Crippen LogP contribution in [0.25, 0.3) is 10.9 Å². The maximum absolute atomic E-state index is 13.8. The van der Waals surface area contributed by atoms with Crippen molar-refractivity contribution in [3.8, 4) is 5.75 Å². The summed E-state index contributed by atoms with van der Waals surface area (Å²) in [4.78, 5) is 8.31. The van der Waals surface area contributed by atoms with E-state index in [0.29, 0.717) is 29.1 Å². The van der Waals surface area contributed by atoms with Gasteiger partial charge in [-0.3, -0.25) is 4.68 Å². The van der Waals surface area contributed by atoms with Gasteiger partial charge in [0.1, 0.15) is 12.1 Å². The van der Waals surface area contributed by atoms with Gasteiger partial charge < -0.3 is 14.8 Å². The first-order chi connectivity index (χ1) is 11.7. The van der Waals surface area contributed by atoms with Crippen molar-refractivity contribution in [1.82, 2.24) is 19.7 Å². The number of aryl methyl sites for hydroxylation is 1. The highest BCUT2D eigenvalue weighted by molar-refractivity contribution is 5.91. The SMILES string of the molecule is COCCCn1ccc(Nc2ncnc3cc(F)c(OC)cc23)n1. The molecule has 7 nitrogen and oxygen atoms in total. The Morgan fingerprint density at radius 1 is 1.25 bits per heavy atom. The number of nitrogens with one attached hydrogen (secondary N) is 1. The average Bonchev–Trinajstić information content (AvgIpc) is 3.02. The summed E-state index contributed by atoms with van der Waals surface area (Å²) in [6.07, 6.45) is 4.14. The number of rotatable bonds is 7. The highest BCUT2D eigenvalue weighted by Gasteiger charge is 2.11. The molecule has 24 heavy (non-hydrogen) atoms. The summed E-state index contributed by atoms with van der Waals surface area (Å²) in [5.41, 5.74) is 0.491. The lowest BCUT2D eigenvalue weighted by Gasteiger charge is -2.08. The Kier molecular flexibility index (Phi) is 4.85. The molecule has 3 aromatic rings. The zero-order valence-corrected chi connectivity index (χ0v) is 13.5. The van der Waals surface area contributed by atoms with Gasteiger partial charge in [-0.25, -0.2) is 14.4 Å². The molecule has 8 heteroatoms. The first-order valence-electron chi connectivity index (χ1n) is 7.49. The van der Waals surface area contributed by atoms with Gasteiger partial charge in [0.05, 0.1) is 12.6 Å². The van der Waals surface area contributed by atoms with Gasteiger partial charge in [0, 0.05) is 44.0 Å². The summed E-state index contributed by atoms with van der Waals surface area (Å²) in [6, 6.07) is 4.74. The first kappa shape index (κ1) is 16.1. The van der Waals surface area contributed by atoms with Crippen LogP contribution in [0.3, 0.4) is 0 Å². The Balaban J connectivity index is 1.84. The van der Waals surface area contributed by atoms with Crippen LogP contribution in [0.1, 0.15) is 6.42 Å². The van der Waals surface area contributed by atoms with Crippen molar-refractivity contribution in [2.75, 3.05) is 26.1 Å². The Morgan fingerprint density at radius 2 is 2.12 bits per heavy atom. The molecule has 2 aromatic heterocycles. The second kappa shape index (κ2) is 7.22. The molecule has 0 unspecified atom stereocenters. The van der Waals surface area contributed by atoms with Crippen LogP contribution in [0.15, 0.2) is 30.7 Å². The summed E-state index contributed by atoms with van der Waals surface area (Å²) >= 11 is 0. The molecule has 0 bridgehead atoms. The van der Waals surface area contributed by atoms with E-state index < -0.39 is 5.82 Å². The lowest BCUT2D eigenvalue weighted by molar-refractivity contribution is 0.189. The highest BCUT2D eigenvalue weighted by Crippen LogP contribution is 2.28. The van der Waals surface area contributed by atoms with Crippen molar-refractivity contribution < 1.29 is 13.9 Å². The maximum Gasteiger partial charge on any atom is 0.167 e. The van der Waals surface area contributed by atoms with Crippen LogP contribution in [0.4, 0.5) is 16.0 Å². The molecule has 2 heterocycles. The van der Waals surface area contributed by atoms with Crippen molar-refractivity contribution in [3.63, 3.8) is 0 Å². The quantitative estimate of drug-likeness (QED) is 0.671. The van der Waals surface area contributed by atoms with Crippen LogP contribution in [-0.4, -0.2) is 40.6 Å². The Labute approximate surface area is 138 Å². The van der Waals surface area contributed by atoms with E-state index in [4.69, 9.17) is 9.47 Å². The lowest BCUT2D eigenvalue weighted by atomic mass is 10.2. The van der Waals surface area contributed by atoms with E-state index in [1.807, 2.05) is 16.9 Å². The summed E-state index contributed by atoms with van der Waals surface area (Å²) in [6.45, 7) is 1.45. The molecular formula is C16H18FN5O2. The van der Waals surface area contributed by atoms with Crippen molar-refractivity contribution in [1.29, 1.82) is 0 Å². The summed E-state index contributed by atoms with van der Waals surface area (Å²) < 4.78 is 25.7. The molecule has 0 saturated carbocycles. The minimum atomic E-state index is -0.461. The normalized spacial score (nSPS) is 11.0. The molecule has 0 atom stereocenters. The van der Waals surface area contributed by atoms with Gasteiger partial charge in [-0.2, -0.15) is 5.10 Å². The predicted octanol–water partition coefficient (Wildman–Crippen LogP) is 2.75. The Hall–Kier alpha value is -2.74. The molecule has 0 amide bonds. The fraction of sp³-hybridized carbons (Fsp3) is 0.312. The van der Waals surface area contributed by atoms with Crippen molar-refractivity contribution in [3.05, 3.63) is 36.5 Å². The largest absolute Gasteiger partial charge is 0.494 e. The molecule has 126 valence electrons. The molecule has 0 saturated heterocycles. The monoisotopic (exact) mass is 331 g/mol. The van der Waals surface area contributed by atoms with E-state index in [-0.39, 0.29) is 5.75 Å². The van der Waals surface area contributed by atoms with Gasteiger partial charge in [0.15, 0.2) is 17.4 Å². The molecule has 3 rings (SSSR count). The minimum absolute atomic E-state index is 0.144. The molecule has 1 N–H and O–H groups in total. The summed E-state index contributed by atoms with van der Waals surface area (Å²) in [5.74, 6) is 0.874. The lowest BCUT2D eigenvalue weighted by Crippen LogP contribution is -2.03. The summed E-state index contributed by atoms with van der Waals surface area (Å²) in [7, 11) is 3.09. The number of hydrogen-bond donors (Lipinski definition) is 1. The average molecular weight is 331 g/mol. The standard InChI is InChI=1S/C16H18FN5O2/c1-23-7-3-5-22-6-4-15(21-22)20-16-11-8-14(24-2)12(17)9-13(11)18-10-19-16/h4,6,8-10H,3,5,7H2,1-2H3,(H,18,19,20,21). The number of methoxy groups -OCH3 is 2. The van der Waals surface area contributed by atoms with Gasteiger partial charge in [0.2, 0.25) is 0 Å². The Morgan fingerprint density at radius 3 is 2.92 bits per heavy atom. The fourth-order valence-corrected chi connectivity index (χ4v) is 2.36. The van der Waals surface area contributed by atoms with Gasteiger partial charge in [0.25, 0.3) is 0 Å². The number of anilines is 2. The zero-order valence-electron chi connectivity index (χ0n) is 13.5. The highest BCUT2D eigenvalue weighted by atomic mass is 19.1. The second-order valence-electron chi connectivity index (χ2n) is 5.16. The van der Waals surface area contributed by atoms with E-state index in [1.165, 1.54) is 19.5 Å². The third-order valence-electron chi connectivity index (χ3n) is 3.53. The second-order valence-corrected chi connectivity index (χ2v) is 5.16. The number of ether oxygens (including phenoxy) is 2. The Bertz CT molecular complexity index is 836. The number of halogens is 1. The molecule has 1 aromatic carbocycles. The van der Waals surface area contributed by atoms with E-state index in [9.17, 15) is 4.39 Å². The van der Waals surface area contributed by atoms with E-state index >= 15 is 0 Å². The summed E-state index contributed by atoms with van der Waals surface area (Å²) in [5, 5.41) is 8.22. The van der Waals surface area contributed by atoms with Crippen molar-refractivity contribution in [2.24, 2.45) is 0 Å². The van der Waals surface area contributed by atoms with Crippen LogP contribution in [0.2, 0.25) is 0 Å². The predicted molar refractivity (Wildman–Crippen MR) is 88.1 cm³/mol. The number of hydrogen-bond acceptors (Lipinski definition) is 6. The van der Waals surface area contributed by atoms with Crippen LogP contribution >= 0.6 is 0 Å². The van der Waals surface area contributed by atoms with Crippen LogP contribution in [0, 0.1) is 5.82 Å². The first-order valence-corrected chi connectivity index (χ1v) is 7.49. The van der Waals surface area contributed by atoms with Crippen molar-refractivity contribution >= 4 is 22.5 Å². The fourth-order valence-electron chi connectivity index (χ4n) is 2.36. The molecule has 0 aliphatic carbocycles. The molecule has 0 aliphatic heterocycles. The van der Waals surface area contributed by atoms with Gasteiger partial charge in [-0.1, -0.05) is 0 Å². The minimum Gasteiger partial charge on any atom is -0.494 e. The number of nitrogens with zero attached hydrogens (tertiary/aromatic N) is 4. The van der Waals surface area contributed by atoms with Gasteiger partial charge in [-0.15, -0.1) is 0 Å². The van der Waals surface area contributed by atoms with Crippen LogP contribution in [0.5, 0.6) is 5.75 Å². The van der Waals surface area contributed by atoms with Crippen LogP contribution < -0.4 is 10.1 Å². The van der Waals surface area contributed by atoms with Gasteiger partial charge in [-0.05, 0) is 12.5 Å². The van der Waals surface area contributed by atoms with Crippen molar-refractivity contribution in [2.45, 2.75) is 13.0 Å². The number of fused-ring (bicyclic) bond motifs is 1. The van der Waals surface area contributed by atoms with E-state index in [2.05, 4.69) is 20.4 Å². The van der Waals surface area contributed by atoms with E-state index in [0.717, 1.165) is 13.0 Å². The number of benzene rings is 1.